The first-order valence-electron chi connectivity index (χ1n) is 9.85. The van der Waals surface area contributed by atoms with Crippen molar-refractivity contribution >= 4 is 34.9 Å². The molecule has 1 aliphatic heterocycles. The number of carbonyl (C=O) groups excluding carboxylic acids is 3. The average Bonchev–Trinajstić information content (AvgIpc) is 3.20. The van der Waals surface area contributed by atoms with Crippen LogP contribution in [-0.4, -0.2) is 39.8 Å². The van der Waals surface area contributed by atoms with Gasteiger partial charge in [-0.2, -0.15) is 0 Å². The summed E-state index contributed by atoms with van der Waals surface area (Å²) >= 11 is 1.56. The van der Waals surface area contributed by atoms with Gasteiger partial charge in [-0.25, -0.2) is 9.78 Å². The zero-order valence-electron chi connectivity index (χ0n) is 16.9. The van der Waals surface area contributed by atoms with Gasteiger partial charge in [-0.05, 0) is 31.9 Å². The Balaban J connectivity index is 1.69. The fourth-order valence-corrected chi connectivity index (χ4v) is 4.36. The number of anilines is 1. The second-order valence-electron chi connectivity index (χ2n) is 7.28. The molecular weight excluding hydrogens is 388 g/mol. The number of benzene rings is 1. The first-order valence-corrected chi connectivity index (χ1v) is 10.7. The van der Waals surface area contributed by atoms with Crippen molar-refractivity contribution in [3.8, 4) is 11.3 Å². The lowest BCUT2D eigenvalue weighted by Gasteiger charge is -2.25. The minimum absolute atomic E-state index is 0.306. The first-order chi connectivity index (χ1) is 13.9. The standard InChI is InChI=1S/C21H26N4O3S/c1-4-9-21(10-5-2)19(27)25(20(28)24-21)12-18(26)23-16-8-6-7-15(11-16)17-13-29-14(3)22-17/h6-8,11,13H,4-5,9-10,12H2,1-3H3,(H,23,26)(H,24,28). The summed E-state index contributed by atoms with van der Waals surface area (Å²) in [5, 5.41) is 8.53. The molecule has 1 aromatic heterocycles. The SMILES string of the molecule is CCCC1(CCC)NC(=O)N(CC(=O)Nc2cccc(-c3csc(C)n3)c2)C1=O. The highest BCUT2D eigenvalue weighted by atomic mass is 32.1. The molecule has 4 amide bonds. The fourth-order valence-electron chi connectivity index (χ4n) is 3.73. The zero-order valence-corrected chi connectivity index (χ0v) is 17.8. The highest BCUT2D eigenvalue weighted by molar-refractivity contribution is 7.09. The number of amides is 4. The molecule has 0 saturated carbocycles. The lowest BCUT2D eigenvalue weighted by Crippen LogP contribution is -2.47. The number of nitrogens with one attached hydrogen (secondary N) is 2. The van der Waals surface area contributed by atoms with Crippen LogP contribution in [0.15, 0.2) is 29.6 Å². The van der Waals surface area contributed by atoms with E-state index in [1.807, 2.05) is 44.4 Å². The van der Waals surface area contributed by atoms with Crippen LogP contribution in [0.5, 0.6) is 0 Å². The van der Waals surface area contributed by atoms with Crippen molar-refractivity contribution in [3.63, 3.8) is 0 Å². The smallest absolute Gasteiger partial charge is 0.325 e. The molecule has 1 aliphatic rings. The van der Waals surface area contributed by atoms with Crippen LogP contribution in [0.4, 0.5) is 10.5 Å². The van der Waals surface area contributed by atoms with Crippen molar-refractivity contribution in [2.75, 3.05) is 11.9 Å². The molecule has 0 radical (unpaired) electrons. The quantitative estimate of drug-likeness (QED) is 0.640. The van der Waals surface area contributed by atoms with E-state index < -0.39 is 17.5 Å². The molecule has 0 spiro atoms. The Morgan fingerprint density at radius 3 is 2.59 bits per heavy atom. The van der Waals surface area contributed by atoms with Crippen LogP contribution in [-0.2, 0) is 9.59 Å². The van der Waals surface area contributed by atoms with Crippen LogP contribution in [0.25, 0.3) is 11.3 Å². The van der Waals surface area contributed by atoms with Gasteiger partial charge in [-0.3, -0.25) is 14.5 Å². The second kappa shape index (κ2) is 8.73. The first kappa shape index (κ1) is 21.0. The predicted octanol–water partition coefficient (Wildman–Crippen LogP) is 3.95. The molecule has 2 aromatic rings. The third kappa shape index (κ3) is 4.48. The monoisotopic (exact) mass is 414 g/mol. The molecule has 2 heterocycles. The minimum atomic E-state index is -0.886. The maximum Gasteiger partial charge on any atom is 0.325 e. The number of nitrogens with zero attached hydrogens (tertiary/aromatic N) is 2. The molecule has 3 rings (SSSR count). The minimum Gasteiger partial charge on any atom is -0.325 e. The van der Waals surface area contributed by atoms with Crippen molar-refractivity contribution < 1.29 is 14.4 Å². The van der Waals surface area contributed by atoms with Crippen LogP contribution in [0.3, 0.4) is 0 Å². The van der Waals surface area contributed by atoms with E-state index in [2.05, 4.69) is 15.6 Å². The lowest BCUT2D eigenvalue weighted by molar-refractivity contribution is -0.134. The maximum atomic E-state index is 12.9. The summed E-state index contributed by atoms with van der Waals surface area (Å²) < 4.78 is 0. The summed E-state index contributed by atoms with van der Waals surface area (Å²) in [5.41, 5.74) is 1.45. The van der Waals surface area contributed by atoms with Gasteiger partial charge in [0, 0.05) is 16.6 Å². The van der Waals surface area contributed by atoms with Crippen LogP contribution in [0.2, 0.25) is 0 Å². The molecule has 0 atom stereocenters. The van der Waals surface area contributed by atoms with Gasteiger partial charge < -0.3 is 10.6 Å². The third-order valence-electron chi connectivity index (χ3n) is 4.96. The molecule has 0 bridgehead atoms. The Morgan fingerprint density at radius 1 is 1.24 bits per heavy atom. The average molecular weight is 415 g/mol. The van der Waals surface area contributed by atoms with E-state index in [0.717, 1.165) is 34.0 Å². The van der Waals surface area contributed by atoms with E-state index in [-0.39, 0.29) is 12.5 Å². The van der Waals surface area contributed by atoms with Gasteiger partial charge in [0.15, 0.2) is 0 Å². The van der Waals surface area contributed by atoms with Gasteiger partial charge in [0.2, 0.25) is 5.91 Å². The van der Waals surface area contributed by atoms with E-state index in [9.17, 15) is 14.4 Å². The molecule has 29 heavy (non-hydrogen) atoms. The summed E-state index contributed by atoms with van der Waals surface area (Å²) in [7, 11) is 0. The van der Waals surface area contributed by atoms with Gasteiger partial charge >= 0.3 is 6.03 Å². The van der Waals surface area contributed by atoms with Crippen molar-refractivity contribution in [1.29, 1.82) is 0 Å². The number of aryl methyl sites for hydroxylation is 1. The van der Waals surface area contributed by atoms with E-state index >= 15 is 0 Å². The third-order valence-corrected chi connectivity index (χ3v) is 5.74. The van der Waals surface area contributed by atoms with Gasteiger partial charge in [0.05, 0.1) is 10.7 Å². The number of hydrogen-bond acceptors (Lipinski definition) is 5. The predicted molar refractivity (Wildman–Crippen MR) is 114 cm³/mol. The number of aromatic nitrogens is 1. The Morgan fingerprint density at radius 2 is 1.97 bits per heavy atom. The van der Waals surface area contributed by atoms with Gasteiger partial charge in [0.1, 0.15) is 12.1 Å². The van der Waals surface area contributed by atoms with E-state index in [4.69, 9.17) is 0 Å². The molecule has 1 saturated heterocycles. The van der Waals surface area contributed by atoms with Crippen LogP contribution in [0, 0.1) is 6.92 Å². The van der Waals surface area contributed by atoms with Gasteiger partial charge in [-0.1, -0.05) is 38.8 Å². The molecule has 0 aliphatic carbocycles. The highest BCUT2D eigenvalue weighted by Gasteiger charge is 2.50. The number of imide groups is 1. The normalized spacial score (nSPS) is 15.5. The molecule has 2 N–H and O–H groups in total. The number of thiazole rings is 1. The number of hydrogen-bond donors (Lipinski definition) is 2. The summed E-state index contributed by atoms with van der Waals surface area (Å²) in [5.74, 6) is -0.725. The fraction of sp³-hybridized carbons (Fsp3) is 0.429. The Labute approximate surface area is 174 Å². The topological polar surface area (TPSA) is 91.4 Å². The highest BCUT2D eigenvalue weighted by Crippen LogP contribution is 2.28. The van der Waals surface area contributed by atoms with Gasteiger partial charge in [-0.15, -0.1) is 11.3 Å². The van der Waals surface area contributed by atoms with Crippen LogP contribution in [0.1, 0.15) is 44.5 Å². The van der Waals surface area contributed by atoms with Crippen molar-refractivity contribution in [2.24, 2.45) is 0 Å². The Hall–Kier alpha value is -2.74. The Bertz CT molecular complexity index is 918. The molecule has 1 fully saturated rings. The molecular formula is C21H26N4O3S. The summed E-state index contributed by atoms with van der Waals surface area (Å²) in [4.78, 5) is 43.3. The number of urea groups is 1. The molecule has 0 unspecified atom stereocenters. The summed E-state index contributed by atoms with van der Waals surface area (Å²) in [6.45, 7) is 5.58. The van der Waals surface area contributed by atoms with Crippen LogP contribution < -0.4 is 10.6 Å². The molecule has 7 nitrogen and oxygen atoms in total. The maximum absolute atomic E-state index is 12.9. The largest absolute Gasteiger partial charge is 0.325 e. The molecule has 1 aromatic carbocycles. The molecule has 154 valence electrons. The van der Waals surface area contributed by atoms with Crippen molar-refractivity contribution in [2.45, 2.75) is 52.0 Å². The number of carbonyl (C=O) groups is 3. The van der Waals surface area contributed by atoms with Crippen LogP contribution >= 0.6 is 11.3 Å². The number of rotatable bonds is 8. The lowest BCUT2D eigenvalue weighted by atomic mass is 9.88. The second-order valence-corrected chi connectivity index (χ2v) is 8.35. The van der Waals surface area contributed by atoms with E-state index in [1.165, 1.54) is 0 Å². The van der Waals surface area contributed by atoms with Crippen molar-refractivity contribution in [1.82, 2.24) is 15.2 Å². The summed E-state index contributed by atoms with van der Waals surface area (Å²) in [6.07, 6.45) is 2.68. The van der Waals surface area contributed by atoms with E-state index in [1.54, 1.807) is 17.4 Å². The molecule has 8 heteroatoms. The van der Waals surface area contributed by atoms with E-state index in [0.29, 0.717) is 18.5 Å². The summed E-state index contributed by atoms with van der Waals surface area (Å²) in [6, 6.07) is 6.85. The Kier molecular flexibility index (Phi) is 6.32. The van der Waals surface area contributed by atoms with Gasteiger partial charge in [0.25, 0.3) is 5.91 Å². The zero-order chi connectivity index (χ0) is 21.0. The van der Waals surface area contributed by atoms with Crippen molar-refractivity contribution in [3.05, 3.63) is 34.7 Å².